The zero-order valence-corrected chi connectivity index (χ0v) is 20.9. The van der Waals surface area contributed by atoms with Crippen LogP contribution in [-0.4, -0.2) is 40.5 Å². The Morgan fingerprint density at radius 1 is 0.971 bits per heavy atom. The number of hydrogen-bond acceptors (Lipinski definition) is 6. The zero-order valence-electron chi connectivity index (χ0n) is 20.1. The molecular weight excluding hydrogens is 464 g/mol. The molecule has 1 atom stereocenters. The van der Waals surface area contributed by atoms with Crippen molar-refractivity contribution in [2.75, 3.05) is 6.54 Å². The second-order valence-corrected chi connectivity index (χ2v) is 10.9. The number of benzene rings is 2. The minimum Gasteiger partial charge on any atom is -0.379 e. The number of amides is 1. The Morgan fingerprint density at radius 3 is 2.57 bits per heavy atom. The number of carbonyl (C=O) groups is 1. The van der Waals surface area contributed by atoms with Crippen molar-refractivity contribution in [2.24, 2.45) is 0 Å². The monoisotopic (exact) mass is 494 g/mol. The minimum absolute atomic E-state index is 0.0950. The highest BCUT2D eigenvalue weighted by atomic mass is 32.2. The van der Waals surface area contributed by atoms with E-state index in [2.05, 4.69) is 14.8 Å². The highest BCUT2D eigenvalue weighted by molar-refractivity contribution is 7.87. The Morgan fingerprint density at radius 2 is 1.77 bits per heavy atom. The molecule has 5 rings (SSSR count). The van der Waals surface area contributed by atoms with Crippen LogP contribution in [0.5, 0.6) is 5.75 Å². The smallest absolute Gasteiger partial charge is 0.339 e. The van der Waals surface area contributed by atoms with Gasteiger partial charge in [-0.05, 0) is 81.0 Å². The van der Waals surface area contributed by atoms with E-state index < -0.39 is 10.1 Å². The van der Waals surface area contributed by atoms with Gasteiger partial charge in [0.2, 0.25) is 0 Å². The average Bonchev–Trinajstić information content (AvgIpc) is 3.41. The molecule has 0 saturated carbocycles. The van der Waals surface area contributed by atoms with Crippen LogP contribution in [0.25, 0.3) is 0 Å². The summed E-state index contributed by atoms with van der Waals surface area (Å²) in [6.45, 7) is 5.13. The van der Waals surface area contributed by atoms with Crippen molar-refractivity contribution in [1.82, 2.24) is 19.7 Å². The number of fused-ring (bicyclic) bond motifs is 1. The Balaban J connectivity index is 1.33. The normalized spacial score (nSPS) is 18.2. The molecule has 35 heavy (non-hydrogen) atoms. The standard InChI is InChI=1S/C26H30N4O4S/c1-18-9-10-19(2)23(17-18)35(32,33)34-21-13-11-20(12-14-21)26(31)29-16-6-7-22(29)25-28-27-24-8-4-3-5-15-30(24)25/h9-14,17,22H,3-8,15-16H2,1-2H3. The number of rotatable bonds is 5. The van der Waals surface area contributed by atoms with Gasteiger partial charge in [-0.15, -0.1) is 10.2 Å². The molecule has 1 aromatic heterocycles. The lowest BCUT2D eigenvalue weighted by atomic mass is 10.1. The van der Waals surface area contributed by atoms with Crippen molar-refractivity contribution in [2.45, 2.75) is 69.9 Å². The molecule has 9 heteroatoms. The highest BCUT2D eigenvalue weighted by Crippen LogP contribution is 2.34. The molecule has 3 aromatic rings. The third kappa shape index (κ3) is 4.69. The molecule has 184 valence electrons. The minimum atomic E-state index is -3.98. The van der Waals surface area contributed by atoms with E-state index in [1.54, 1.807) is 31.2 Å². The van der Waals surface area contributed by atoms with Crippen LogP contribution < -0.4 is 4.18 Å². The van der Waals surface area contributed by atoms with Gasteiger partial charge in [-0.25, -0.2) is 0 Å². The van der Waals surface area contributed by atoms with Crippen molar-refractivity contribution >= 4 is 16.0 Å². The van der Waals surface area contributed by atoms with Crippen LogP contribution in [0.3, 0.4) is 0 Å². The Hall–Kier alpha value is -3.20. The molecular formula is C26H30N4O4S. The molecule has 1 saturated heterocycles. The number of likely N-dealkylation sites (tertiary alicyclic amines) is 1. The van der Waals surface area contributed by atoms with E-state index in [1.807, 2.05) is 17.9 Å². The summed E-state index contributed by atoms with van der Waals surface area (Å²) in [4.78, 5) is 15.4. The van der Waals surface area contributed by atoms with Gasteiger partial charge in [-0.2, -0.15) is 8.42 Å². The fraction of sp³-hybridized carbons (Fsp3) is 0.423. The quantitative estimate of drug-likeness (QED) is 0.489. The van der Waals surface area contributed by atoms with E-state index in [0.29, 0.717) is 17.7 Å². The molecule has 0 aliphatic carbocycles. The fourth-order valence-corrected chi connectivity index (χ4v) is 6.25. The first kappa shape index (κ1) is 23.5. The molecule has 1 unspecified atom stereocenters. The second kappa shape index (κ2) is 9.45. The first-order valence-electron chi connectivity index (χ1n) is 12.2. The molecule has 0 N–H and O–H groups in total. The van der Waals surface area contributed by atoms with Crippen molar-refractivity contribution in [1.29, 1.82) is 0 Å². The number of aryl methyl sites for hydroxylation is 3. The topological polar surface area (TPSA) is 94.4 Å². The van der Waals surface area contributed by atoms with Crippen molar-refractivity contribution in [3.8, 4) is 5.75 Å². The average molecular weight is 495 g/mol. The third-order valence-corrected chi connectivity index (χ3v) is 8.26. The van der Waals surface area contributed by atoms with Gasteiger partial charge < -0.3 is 13.7 Å². The summed E-state index contributed by atoms with van der Waals surface area (Å²) in [6, 6.07) is 11.4. The lowest BCUT2D eigenvalue weighted by molar-refractivity contribution is 0.0727. The van der Waals surface area contributed by atoms with Crippen LogP contribution in [0.2, 0.25) is 0 Å². The van der Waals surface area contributed by atoms with Gasteiger partial charge in [-0.3, -0.25) is 4.79 Å². The molecule has 2 aromatic carbocycles. The van der Waals surface area contributed by atoms with Gasteiger partial charge in [0.05, 0.1) is 6.04 Å². The Bertz CT molecular complexity index is 1350. The van der Waals surface area contributed by atoms with Crippen molar-refractivity contribution < 1.29 is 17.4 Å². The highest BCUT2D eigenvalue weighted by Gasteiger charge is 2.35. The van der Waals surface area contributed by atoms with Crippen LogP contribution >= 0.6 is 0 Å². The molecule has 1 amide bonds. The van der Waals surface area contributed by atoms with Crippen LogP contribution in [0.1, 0.15) is 71.3 Å². The molecule has 8 nitrogen and oxygen atoms in total. The Kier molecular flexibility index (Phi) is 6.35. The SMILES string of the molecule is Cc1ccc(C)c(S(=O)(=O)Oc2ccc(C(=O)N3CCCC3c3nnc4n3CCCCC4)cc2)c1. The van der Waals surface area contributed by atoms with E-state index in [9.17, 15) is 13.2 Å². The first-order valence-corrected chi connectivity index (χ1v) is 13.6. The van der Waals surface area contributed by atoms with E-state index in [4.69, 9.17) is 4.18 Å². The molecule has 0 radical (unpaired) electrons. The number of aromatic nitrogens is 3. The number of carbonyl (C=O) groups excluding carboxylic acids is 1. The van der Waals surface area contributed by atoms with Crippen LogP contribution in [-0.2, 0) is 23.1 Å². The fourth-order valence-electron chi connectivity index (χ4n) is 5.00. The van der Waals surface area contributed by atoms with Gasteiger partial charge in [0.15, 0.2) is 5.82 Å². The first-order chi connectivity index (χ1) is 16.8. The lowest BCUT2D eigenvalue weighted by Crippen LogP contribution is -2.32. The molecule has 2 aliphatic rings. The van der Waals surface area contributed by atoms with Gasteiger partial charge in [0, 0.05) is 25.1 Å². The van der Waals surface area contributed by atoms with Crippen LogP contribution in [0.15, 0.2) is 47.4 Å². The van der Waals surface area contributed by atoms with Crippen molar-refractivity contribution in [3.63, 3.8) is 0 Å². The van der Waals surface area contributed by atoms with E-state index in [1.165, 1.54) is 18.6 Å². The summed E-state index contributed by atoms with van der Waals surface area (Å²) in [7, 11) is -3.98. The maximum Gasteiger partial charge on any atom is 0.339 e. The van der Waals surface area contributed by atoms with E-state index in [-0.39, 0.29) is 22.6 Å². The summed E-state index contributed by atoms with van der Waals surface area (Å²) < 4.78 is 33.2. The lowest BCUT2D eigenvalue weighted by Gasteiger charge is -2.25. The van der Waals surface area contributed by atoms with Gasteiger partial charge >= 0.3 is 10.1 Å². The van der Waals surface area contributed by atoms with Crippen molar-refractivity contribution in [3.05, 3.63) is 70.8 Å². The summed E-state index contributed by atoms with van der Waals surface area (Å²) in [5, 5.41) is 8.89. The molecule has 0 bridgehead atoms. The summed E-state index contributed by atoms with van der Waals surface area (Å²) in [5.74, 6) is 1.97. The predicted octanol–water partition coefficient (Wildman–Crippen LogP) is 4.37. The third-order valence-electron chi connectivity index (χ3n) is 6.87. The molecule has 1 fully saturated rings. The molecule has 3 heterocycles. The largest absolute Gasteiger partial charge is 0.379 e. The maximum absolute atomic E-state index is 13.4. The summed E-state index contributed by atoms with van der Waals surface area (Å²) >= 11 is 0. The molecule has 0 spiro atoms. The second-order valence-electron chi connectivity index (χ2n) is 9.42. The Labute approximate surface area is 206 Å². The summed E-state index contributed by atoms with van der Waals surface area (Å²) in [6.07, 6.45) is 6.11. The van der Waals surface area contributed by atoms with Gasteiger partial charge in [-0.1, -0.05) is 18.6 Å². The van der Waals surface area contributed by atoms with E-state index in [0.717, 1.165) is 55.9 Å². The number of nitrogens with zero attached hydrogens (tertiary/aromatic N) is 4. The zero-order chi connectivity index (χ0) is 24.6. The van der Waals surface area contributed by atoms with Crippen LogP contribution in [0.4, 0.5) is 0 Å². The van der Waals surface area contributed by atoms with E-state index >= 15 is 0 Å². The summed E-state index contributed by atoms with van der Waals surface area (Å²) in [5.41, 5.74) is 1.95. The maximum atomic E-state index is 13.4. The van der Waals surface area contributed by atoms with Gasteiger partial charge in [0.25, 0.3) is 5.91 Å². The van der Waals surface area contributed by atoms with Gasteiger partial charge in [0.1, 0.15) is 16.5 Å². The predicted molar refractivity (Wildman–Crippen MR) is 131 cm³/mol. The molecule has 2 aliphatic heterocycles. The number of hydrogen-bond donors (Lipinski definition) is 0. The van der Waals surface area contributed by atoms with Crippen LogP contribution in [0, 0.1) is 13.8 Å².